The number of halogens is 3. The van der Waals surface area contributed by atoms with Gasteiger partial charge in [-0.15, -0.1) is 10.2 Å². The Labute approximate surface area is 199 Å². The number of aromatic nitrogens is 4. The summed E-state index contributed by atoms with van der Waals surface area (Å²) in [6.07, 6.45) is -0.183. The molecule has 2 atom stereocenters. The van der Waals surface area contributed by atoms with Gasteiger partial charge in [0.15, 0.2) is 11.5 Å². The summed E-state index contributed by atoms with van der Waals surface area (Å²) in [5, 5.41) is 9.36. The number of nitrogens with zero attached hydrogens (tertiary/aromatic N) is 5. The lowest BCUT2D eigenvalue weighted by Crippen LogP contribution is -2.38. The van der Waals surface area contributed by atoms with E-state index in [0.29, 0.717) is 41.6 Å². The van der Waals surface area contributed by atoms with Gasteiger partial charge in [-0.25, -0.2) is 4.98 Å². The van der Waals surface area contributed by atoms with Gasteiger partial charge in [-0.05, 0) is 48.4 Å². The van der Waals surface area contributed by atoms with Crippen molar-refractivity contribution in [1.82, 2.24) is 24.5 Å². The van der Waals surface area contributed by atoms with Crippen molar-refractivity contribution in [3.8, 4) is 17.3 Å². The summed E-state index contributed by atoms with van der Waals surface area (Å²) in [5.74, 6) is 1.60. The minimum Gasteiger partial charge on any atom is -0.494 e. The number of benzene rings is 1. The van der Waals surface area contributed by atoms with E-state index in [4.69, 9.17) is 15.5 Å². The summed E-state index contributed by atoms with van der Waals surface area (Å²) in [5.41, 5.74) is 8.83. The average molecular weight is 483 g/mol. The number of ether oxygens (including phenoxy) is 1. The molecule has 0 radical (unpaired) electrons. The van der Waals surface area contributed by atoms with Crippen LogP contribution >= 0.6 is 0 Å². The van der Waals surface area contributed by atoms with Gasteiger partial charge in [0.2, 0.25) is 0 Å². The SMILES string of the molecule is COc1c(C2CC2)ccc2ccc(-c3nnc4ccc([C@@H](N5CC[C@H](N)C5)C(F)(F)F)cn34)nc12. The molecule has 1 aliphatic heterocycles. The molecule has 7 nitrogen and oxygen atoms in total. The fourth-order valence-corrected chi connectivity index (χ4v) is 5.13. The van der Waals surface area contributed by atoms with Gasteiger partial charge in [0.05, 0.1) is 7.11 Å². The first-order chi connectivity index (χ1) is 16.8. The highest BCUT2D eigenvalue weighted by Crippen LogP contribution is 2.46. The topological polar surface area (TPSA) is 81.6 Å². The van der Waals surface area contributed by atoms with Gasteiger partial charge in [0.1, 0.15) is 23.0 Å². The molecule has 2 fully saturated rings. The van der Waals surface area contributed by atoms with Crippen LogP contribution in [0.15, 0.2) is 42.6 Å². The third kappa shape index (κ3) is 3.90. The van der Waals surface area contributed by atoms with Crippen molar-refractivity contribution in [1.29, 1.82) is 0 Å². The average Bonchev–Trinajstić information content (AvgIpc) is 3.46. The lowest BCUT2D eigenvalue weighted by molar-refractivity contribution is -0.183. The van der Waals surface area contributed by atoms with E-state index >= 15 is 0 Å². The molecule has 0 bridgehead atoms. The second kappa shape index (κ2) is 8.17. The van der Waals surface area contributed by atoms with Crippen molar-refractivity contribution in [3.05, 3.63) is 53.7 Å². The van der Waals surface area contributed by atoms with Crippen molar-refractivity contribution < 1.29 is 17.9 Å². The maximum Gasteiger partial charge on any atom is 0.408 e. The van der Waals surface area contributed by atoms with Crippen molar-refractivity contribution in [2.45, 2.75) is 43.4 Å². The van der Waals surface area contributed by atoms with Crippen LogP contribution in [0.5, 0.6) is 5.75 Å². The smallest absolute Gasteiger partial charge is 0.408 e. The molecule has 0 unspecified atom stereocenters. The third-order valence-corrected chi connectivity index (χ3v) is 6.97. The van der Waals surface area contributed by atoms with Gasteiger partial charge in [-0.1, -0.05) is 24.3 Å². The summed E-state index contributed by atoms with van der Waals surface area (Å²) in [7, 11) is 1.63. The summed E-state index contributed by atoms with van der Waals surface area (Å²) < 4.78 is 49.8. The minimum atomic E-state index is -4.44. The quantitative estimate of drug-likeness (QED) is 0.452. The van der Waals surface area contributed by atoms with Crippen LogP contribution in [0.3, 0.4) is 0 Å². The molecule has 0 spiro atoms. The predicted molar refractivity (Wildman–Crippen MR) is 125 cm³/mol. The standard InChI is InChI=1S/C25H25F3N6O/c1-35-22-18(14-2-3-14)7-4-15-5-8-19(30-21(15)22)24-32-31-20-9-6-16(12-34(20)24)23(25(26,27)28)33-11-10-17(29)13-33/h4-9,12,14,17,23H,2-3,10-11,13,29H2,1H3/t17-,23+/m0/s1. The molecule has 4 aromatic rings. The lowest BCUT2D eigenvalue weighted by atomic mass is 10.1. The van der Waals surface area contributed by atoms with Crippen LogP contribution in [0.2, 0.25) is 0 Å². The Balaban J connectivity index is 1.46. The maximum absolute atomic E-state index is 14.2. The van der Waals surface area contributed by atoms with Crippen LogP contribution in [0, 0.1) is 0 Å². The third-order valence-electron chi connectivity index (χ3n) is 6.97. The normalized spacial score (nSPS) is 20.1. The number of hydrogen-bond acceptors (Lipinski definition) is 6. The van der Waals surface area contributed by atoms with Gasteiger partial charge in [-0.2, -0.15) is 13.2 Å². The van der Waals surface area contributed by atoms with Gasteiger partial charge in [0.25, 0.3) is 0 Å². The highest BCUT2D eigenvalue weighted by Gasteiger charge is 2.46. The lowest BCUT2D eigenvalue weighted by Gasteiger charge is -2.30. The molecule has 35 heavy (non-hydrogen) atoms. The number of alkyl halides is 3. The first-order valence-electron chi connectivity index (χ1n) is 11.7. The molecule has 1 aliphatic carbocycles. The molecule has 1 saturated carbocycles. The van der Waals surface area contributed by atoms with E-state index in [1.807, 2.05) is 18.2 Å². The van der Waals surface area contributed by atoms with Crippen molar-refractivity contribution in [3.63, 3.8) is 0 Å². The van der Waals surface area contributed by atoms with Gasteiger partial charge in [-0.3, -0.25) is 9.30 Å². The van der Waals surface area contributed by atoms with E-state index in [-0.39, 0.29) is 18.2 Å². The van der Waals surface area contributed by atoms with E-state index in [9.17, 15) is 13.2 Å². The van der Waals surface area contributed by atoms with Gasteiger partial charge < -0.3 is 10.5 Å². The Kier molecular flexibility index (Phi) is 5.19. The molecule has 2 aliphatic rings. The van der Waals surface area contributed by atoms with Crippen LogP contribution in [-0.2, 0) is 0 Å². The number of methoxy groups -OCH3 is 1. The zero-order valence-electron chi connectivity index (χ0n) is 19.2. The maximum atomic E-state index is 14.2. The van der Waals surface area contributed by atoms with Crippen LogP contribution in [0.4, 0.5) is 13.2 Å². The van der Waals surface area contributed by atoms with Crippen LogP contribution in [0.25, 0.3) is 28.1 Å². The second-order valence-corrected chi connectivity index (χ2v) is 9.43. The predicted octanol–water partition coefficient (Wildman–Crippen LogP) is 4.47. The van der Waals surface area contributed by atoms with E-state index in [2.05, 4.69) is 16.3 Å². The molecule has 4 heterocycles. The van der Waals surface area contributed by atoms with Crippen molar-refractivity contribution in [2.24, 2.45) is 5.73 Å². The molecule has 10 heteroatoms. The summed E-state index contributed by atoms with van der Waals surface area (Å²) in [6.45, 7) is 0.500. The molecule has 1 saturated heterocycles. The molecular weight excluding hydrogens is 457 g/mol. The number of nitrogens with two attached hydrogens (primary N) is 1. The Morgan fingerprint density at radius 3 is 2.54 bits per heavy atom. The molecular formula is C25H25F3N6O. The minimum absolute atomic E-state index is 0.120. The van der Waals surface area contributed by atoms with Crippen LogP contribution in [-0.4, -0.2) is 56.9 Å². The molecule has 3 aromatic heterocycles. The summed E-state index contributed by atoms with van der Waals surface area (Å²) in [4.78, 5) is 6.22. The highest BCUT2D eigenvalue weighted by molar-refractivity contribution is 5.88. The number of fused-ring (bicyclic) bond motifs is 2. The Bertz CT molecular complexity index is 1410. The summed E-state index contributed by atoms with van der Waals surface area (Å²) in [6, 6.07) is 8.86. The second-order valence-electron chi connectivity index (χ2n) is 9.43. The largest absolute Gasteiger partial charge is 0.494 e. The van der Waals surface area contributed by atoms with Gasteiger partial charge in [0, 0.05) is 30.7 Å². The zero-order valence-corrected chi connectivity index (χ0v) is 19.2. The van der Waals surface area contributed by atoms with E-state index in [1.54, 1.807) is 17.6 Å². The van der Waals surface area contributed by atoms with E-state index < -0.39 is 12.2 Å². The first kappa shape index (κ1) is 22.2. The van der Waals surface area contributed by atoms with E-state index in [0.717, 1.165) is 29.5 Å². The fourth-order valence-electron chi connectivity index (χ4n) is 5.13. The van der Waals surface area contributed by atoms with Gasteiger partial charge >= 0.3 is 6.18 Å². The number of hydrogen-bond donors (Lipinski definition) is 1. The Morgan fingerprint density at radius 1 is 1.06 bits per heavy atom. The molecule has 2 N–H and O–H groups in total. The molecule has 6 rings (SSSR count). The Morgan fingerprint density at radius 2 is 1.86 bits per heavy atom. The number of likely N-dealkylation sites (tertiary alicyclic amines) is 1. The molecule has 0 amide bonds. The number of rotatable bonds is 5. The fraction of sp³-hybridized carbons (Fsp3) is 0.400. The highest BCUT2D eigenvalue weighted by atomic mass is 19.4. The van der Waals surface area contributed by atoms with E-state index in [1.165, 1.54) is 17.2 Å². The summed E-state index contributed by atoms with van der Waals surface area (Å²) >= 11 is 0. The zero-order chi connectivity index (χ0) is 24.3. The van der Waals surface area contributed by atoms with Crippen molar-refractivity contribution >= 4 is 16.6 Å². The molecule has 182 valence electrons. The van der Waals surface area contributed by atoms with Crippen LogP contribution in [0.1, 0.15) is 42.3 Å². The first-order valence-corrected chi connectivity index (χ1v) is 11.7. The van der Waals surface area contributed by atoms with Crippen LogP contribution < -0.4 is 10.5 Å². The Hall–Kier alpha value is -3.24. The number of pyridine rings is 2. The van der Waals surface area contributed by atoms with Crippen molar-refractivity contribution in [2.75, 3.05) is 20.2 Å². The monoisotopic (exact) mass is 482 g/mol. The molecule has 1 aromatic carbocycles.